The molecular formula is C9H9BrFNO3. The highest BCUT2D eigenvalue weighted by Crippen LogP contribution is 2.27. The van der Waals surface area contributed by atoms with Crippen molar-refractivity contribution in [2.45, 2.75) is 12.5 Å². The Labute approximate surface area is 93.6 Å². The fourth-order valence-electron chi connectivity index (χ4n) is 1.06. The molecule has 0 saturated carbocycles. The van der Waals surface area contributed by atoms with Crippen LogP contribution >= 0.6 is 15.9 Å². The fraction of sp³-hybridized carbons (Fsp3) is 0.222. The summed E-state index contributed by atoms with van der Waals surface area (Å²) in [5, 5.41) is 17.7. The van der Waals surface area contributed by atoms with Crippen LogP contribution < -0.4 is 5.73 Å². The Balaban J connectivity index is 2.95. The maximum absolute atomic E-state index is 13.2. The van der Waals surface area contributed by atoms with E-state index in [1.54, 1.807) is 0 Å². The maximum atomic E-state index is 13.2. The van der Waals surface area contributed by atoms with Gasteiger partial charge in [0.1, 0.15) is 17.6 Å². The van der Waals surface area contributed by atoms with Crippen molar-refractivity contribution in [1.82, 2.24) is 0 Å². The van der Waals surface area contributed by atoms with Gasteiger partial charge in [-0.05, 0) is 27.6 Å². The average molecular weight is 278 g/mol. The fourth-order valence-corrected chi connectivity index (χ4v) is 1.45. The molecule has 0 radical (unpaired) electrons. The molecule has 1 rings (SSSR count). The SMILES string of the molecule is NC(Cc1cc(Br)c(O)cc1F)C(=O)O. The van der Waals surface area contributed by atoms with Gasteiger partial charge in [0.15, 0.2) is 0 Å². The predicted octanol–water partition coefficient (Wildman–Crippen LogP) is 1.25. The van der Waals surface area contributed by atoms with Crippen molar-refractivity contribution in [2.75, 3.05) is 0 Å². The van der Waals surface area contributed by atoms with Crippen molar-refractivity contribution in [3.63, 3.8) is 0 Å². The van der Waals surface area contributed by atoms with E-state index >= 15 is 0 Å². The van der Waals surface area contributed by atoms with Gasteiger partial charge in [0.05, 0.1) is 4.47 Å². The number of phenols is 1. The number of benzene rings is 1. The van der Waals surface area contributed by atoms with E-state index in [1.807, 2.05) is 0 Å². The summed E-state index contributed by atoms with van der Waals surface area (Å²) in [4.78, 5) is 10.5. The number of rotatable bonds is 3. The zero-order valence-corrected chi connectivity index (χ0v) is 9.16. The van der Waals surface area contributed by atoms with Gasteiger partial charge in [-0.15, -0.1) is 0 Å². The average Bonchev–Trinajstić information content (AvgIpc) is 2.13. The Morgan fingerprint density at radius 3 is 2.73 bits per heavy atom. The smallest absolute Gasteiger partial charge is 0.320 e. The molecule has 1 aromatic rings. The molecule has 1 aromatic carbocycles. The van der Waals surface area contributed by atoms with Crippen LogP contribution in [0.15, 0.2) is 16.6 Å². The number of nitrogens with two attached hydrogens (primary N) is 1. The van der Waals surface area contributed by atoms with E-state index in [9.17, 15) is 9.18 Å². The van der Waals surface area contributed by atoms with Crippen LogP contribution in [0.2, 0.25) is 0 Å². The van der Waals surface area contributed by atoms with Crippen LogP contribution in [0, 0.1) is 5.82 Å². The summed E-state index contributed by atoms with van der Waals surface area (Å²) in [7, 11) is 0. The van der Waals surface area contributed by atoms with E-state index < -0.39 is 17.8 Å². The van der Waals surface area contributed by atoms with Gasteiger partial charge >= 0.3 is 5.97 Å². The van der Waals surface area contributed by atoms with E-state index in [4.69, 9.17) is 15.9 Å². The van der Waals surface area contributed by atoms with Crippen molar-refractivity contribution in [3.05, 3.63) is 28.0 Å². The summed E-state index contributed by atoms with van der Waals surface area (Å²) in [5.74, 6) is -2.11. The third kappa shape index (κ3) is 2.90. The molecule has 15 heavy (non-hydrogen) atoms. The second kappa shape index (κ2) is 4.59. The largest absolute Gasteiger partial charge is 0.507 e. The summed E-state index contributed by atoms with van der Waals surface area (Å²) < 4.78 is 13.5. The summed E-state index contributed by atoms with van der Waals surface area (Å²) in [6.07, 6.45) is -0.125. The Morgan fingerprint density at radius 2 is 2.20 bits per heavy atom. The lowest BCUT2D eigenvalue weighted by molar-refractivity contribution is -0.138. The van der Waals surface area contributed by atoms with E-state index in [1.165, 1.54) is 6.07 Å². The van der Waals surface area contributed by atoms with Crippen molar-refractivity contribution in [3.8, 4) is 5.75 Å². The summed E-state index contributed by atoms with van der Waals surface area (Å²) >= 11 is 3.00. The van der Waals surface area contributed by atoms with Gasteiger partial charge in [-0.1, -0.05) is 0 Å². The molecule has 0 aliphatic carbocycles. The van der Waals surface area contributed by atoms with Gasteiger partial charge in [-0.3, -0.25) is 4.79 Å². The number of aromatic hydroxyl groups is 1. The number of carboxylic acids is 1. The van der Waals surface area contributed by atoms with Crippen molar-refractivity contribution in [1.29, 1.82) is 0 Å². The van der Waals surface area contributed by atoms with Crippen molar-refractivity contribution >= 4 is 21.9 Å². The normalized spacial score (nSPS) is 12.5. The van der Waals surface area contributed by atoms with Crippen LogP contribution in [-0.2, 0) is 11.2 Å². The highest BCUT2D eigenvalue weighted by Gasteiger charge is 2.16. The van der Waals surface area contributed by atoms with Gasteiger partial charge in [-0.25, -0.2) is 4.39 Å². The highest BCUT2D eigenvalue weighted by molar-refractivity contribution is 9.10. The second-order valence-electron chi connectivity index (χ2n) is 3.04. The van der Waals surface area contributed by atoms with Gasteiger partial charge < -0.3 is 15.9 Å². The first-order chi connectivity index (χ1) is 6.91. The third-order valence-electron chi connectivity index (χ3n) is 1.87. The van der Waals surface area contributed by atoms with E-state index in [-0.39, 0.29) is 17.7 Å². The molecule has 0 aliphatic rings. The molecule has 4 N–H and O–H groups in total. The van der Waals surface area contributed by atoms with Crippen LogP contribution in [0.1, 0.15) is 5.56 Å². The molecule has 0 spiro atoms. The van der Waals surface area contributed by atoms with Crippen LogP contribution in [0.3, 0.4) is 0 Å². The van der Waals surface area contributed by atoms with Gasteiger partial charge in [-0.2, -0.15) is 0 Å². The topological polar surface area (TPSA) is 83.5 Å². The van der Waals surface area contributed by atoms with E-state index in [0.717, 1.165) is 6.07 Å². The first kappa shape index (κ1) is 11.9. The Hall–Kier alpha value is -1.14. The Bertz CT molecular complexity index is 397. The second-order valence-corrected chi connectivity index (χ2v) is 3.90. The Kier molecular flexibility index (Phi) is 3.65. The maximum Gasteiger partial charge on any atom is 0.320 e. The number of halogens is 2. The molecular weight excluding hydrogens is 269 g/mol. The van der Waals surface area contributed by atoms with E-state index in [0.29, 0.717) is 4.47 Å². The third-order valence-corrected chi connectivity index (χ3v) is 2.51. The van der Waals surface area contributed by atoms with E-state index in [2.05, 4.69) is 15.9 Å². The lowest BCUT2D eigenvalue weighted by Crippen LogP contribution is -2.32. The van der Waals surface area contributed by atoms with Crippen LogP contribution in [0.5, 0.6) is 5.75 Å². The number of carbonyl (C=O) groups is 1. The summed E-state index contributed by atoms with van der Waals surface area (Å²) in [5.41, 5.74) is 5.41. The number of aliphatic carboxylic acids is 1. The summed E-state index contributed by atoms with van der Waals surface area (Å²) in [6.45, 7) is 0. The van der Waals surface area contributed by atoms with Crippen LogP contribution in [0.4, 0.5) is 4.39 Å². The molecule has 1 unspecified atom stereocenters. The standard InChI is InChI=1S/C9H9BrFNO3/c10-5-1-4(2-7(12)9(14)15)6(11)3-8(5)13/h1,3,7,13H,2,12H2,(H,14,15). The number of phenolic OH excluding ortho intramolecular Hbond substituents is 1. The molecule has 6 heteroatoms. The molecule has 0 fully saturated rings. The minimum absolute atomic E-state index is 0.125. The monoisotopic (exact) mass is 277 g/mol. The van der Waals surface area contributed by atoms with Crippen molar-refractivity contribution < 1.29 is 19.4 Å². The molecule has 0 heterocycles. The van der Waals surface area contributed by atoms with Crippen molar-refractivity contribution in [2.24, 2.45) is 5.73 Å². The zero-order valence-electron chi connectivity index (χ0n) is 7.58. The molecule has 4 nitrogen and oxygen atoms in total. The highest BCUT2D eigenvalue weighted by atomic mass is 79.9. The van der Waals surface area contributed by atoms with Gasteiger partial charge in [0.25, 0.3) is 0 Å². The number of hydrogen-bond donors (Lipinski definition) is 3. The predicted molar refractivity (Wildman–Crippen MR) is 55.1 cm³/mol. The minimum atomic E-state index is -1.20. The molecule has 82 valence electrons. The lowest BCUT2D eigenvalue weighted by Gasteiger charge is -2.08. The van der Waals surface area contributed by atoms with Gasteiger partial charge in [0.2, 0.25) is 0 Å². The first-order valence-corrected chi connectivity index (χ1v) is 4.86. The number of hydrogen-bond acceptors (Lipinski definition) is 3. The van der Waals surface area contributed by atoms with Crippen LogP contribution in [-0.4, -0.2) is 22.2 Å². The van der Waals surface area contributed by atoms with Gasteiger partial charge in [0, 0.05) is 12.5 Å². The quantitative estimate of drug-likeness (QED) is 0.777. The van der Waals surface area contributed by atoms with Crippen LogP contribution in [0.25, 0.3) is 0 Å². The molecule has 0 aliphatic heterocycles. The lowest BCUT2D eigenvalue weighted by atomic mass is 10.1. The first-order valence-electron chi connectivity index (χ1n) is 4.07. The molecule has 0 aromatic heterocycles. The minimum Gasteiger partial charge on any atom is -0.507 e. The molecule has 0 saturated heterocycles. The molecule has 0 amide bonds. The number of carboxylic acid groups (broad SMARTS) is 1. The molecule has 1 atom stereocenters. The Morgan fingerprint density at radius 1 is 1.60 bits per heavy atom. The zero-order chi connectivity index (χ0) is 11.6. The summed E-state index contributed by atoms with van der Waals surface area (Å²) in [6, 6.07) is 1.07. The molecule has 0 bridgehead atoms.